The van der Waals surface area contributed by atoms with Gasteiger partial charge in [0, 0.05) is 10.1 Å². The average molecular weight is 377 g/mol. The van der Waals surface area contributed by atoms with E-state index in [0.29, 0.717) is 15.6 Å². The van der Waals surface area contributed by atoms with Crippen LogP contribution in [-0.4, -0.2) is 17.9 Å². The number of benzene rings is 2. The zero-order valence-corrected chi connectivity index (χ0v) is 14.9. The Morgan fingerprint density at radius 1 is 1.28 bits per heavy atom. The van der Waals surface area contributed by atoms with Crippen LogP contribution in [0.15, 0.2) is 36.4 Å². The van der Waals surface area contributed by atoms with E-state index < -0.39 is 10.8 Å². The molecule has 0 saturated carbocycles. The SMILES string of the molecule is COc1ccc(NC(=O)c2sc3cc(C)ccc3c2Cl)c([N+](=O)[O-])c1. The fourth-order valence-electron chi connectivity index (χ4n) is 2.39. The van der Waals surface area contributed by atoms with Crippen LogP contribution in [-0.2, 0) is 0 Å². The van der Waals surface area contributed by atoms with Crippen LogP contribution in [0.4, 0.5) is 11.4 Å². The summed E-state index contributed by atoms with van der Waals surface area (Å²) in [5.41, 5.74) is 0.893. The zero-order valence-electron chi connectivity index (χ0n) is 13.3. The predicted molar refractivity (Wildman–Crippen MR) is 99.2 cm³/mol. The predicted octanol–water partition coefficient (Wildman–Crippen LogP) is 5.03. The molecule has 6 nitrogen and oxygen atoms in total. The summed E-state index contributed by atoms with van der Waals surface area (Å²) in [5.74, 6) is -0.155. The van der Waals surface area contributed by atoms with Gasteiger partial charge in [0.05, 0.1) is 23.1 Å². The Kier molecular flexibility index (Phi) is 4.61. The van der Waals surface area contributed by atoms with Gasteiger partial charge in [-0.15, -0.1) is 11.3 Å². The molecule has 3 rings (SSSR count). The molecule has 1 heterocycles. The number of aryl methyl sites for hydroxylation is 1. The standard InChI is InChI=1S/C17H13ClN2O4S/c1-9-3-5-11-14(7-9)25-16(15(11)18)17(21)19-12-6-4-10(24-2)8-13(12)20(22)23/h3-8H,1-2H3,(H,19,21). The van der Waals surface area contributed by atoms with Gasteiger partial charge < -0.3 is 10.1 Å². The minimum Gasteiger partial charge on any atom is -0.496 e. The number of thiophene rings is 1. The molecule has 1 amide bonds. The lowest BCUT2D eigenvalue weighted by molar-refractivity contribution is -0.384. The third-order valence-corrected chi connectivity index (χ3v) is 5.30. The Hall–Kier alpha value is -2.64. The molecule has 0 fully saturated rings. The average Bonchev–Trinajstić information content (AvgIpc) is 2.91. The molecule has 0 aliphatic rings. The van der Waals surface area contributed by atoms with Gasteiger partial charge in [0.25, 0.3) is 11.6 Å². The smallest absolute Gasteiger partial charge is 0.296 e. The fourth-order valence-corrected chi connectivity index (χ4v) is 3.90. The van der Waals surface area contributed by atoms with Gasteiger partial charge in [-0.05, 0) is 30.7 Å². The van der Waals surface area contributed by atoms with E-state index in [-0.39, 0.29) is 11.4 Å². The van der Waals surface area contributed by atoms with Gasteiger partial charge in [-0.25, -0.2) is 0 Å². The molecule has 1 N–H and O–H groups in total. The summed E-state index contributed by atoms with van der Waals surface area (Å²) in [7, 11) is 1.41. The molecule has 0 bridgehead atoms. The fraction of sp³-hybridized carbons (Fsp3) is 0.118. The number of halogens is 1. The lowest BCUT2D eigenvalue weighted by atomic mass is 10.2. The van der Waals surface area contributed by atoms with Gasteiger partial charge in [-0.3, -0.25) is 14.9 Å². The van der Waals surface area contributed by atoms with E-state index >= 15 is 0 Å². The van der Waals surface area contributed by atoms with Gasteiger partial charge in [0.15, 0.2) is 0 Å². The van der Waals surface area contributed by atoms with Crippen LogP contribution in [0.25, 0.3) is 10.1 Å². The lowest BCUT2D eigenvalue weighted by Crippen LogP contribution is -2.12. The van der Waals surface area contributed by atoms with Crippen LogP contribution in [0, 0.1) is 17.0 Å². The van der Waals surface area contributed by atoms with Crippen LogP contribution in [0.3, 0.4) is 0 Å². The Labute approximate surface area is 152 Å². The minimum absolute atomic E-state index is 0.0838. The molecule has 128 valence electrons. The quantitative estimate of drug-likeness (QED) is 0.511. The van der Waals surface area contributed by atoms with Gasteiger partial charge in [-0.2, -0.15) is 0 Å². The van der Waals surface area contributed by atoms with E-state index in [2.05, 4.69) is 5.32 Å². The largest absolute Gasteiger partial charge is 0.496 e. The summed E-state index contributed by atoms with van der Waals surface area (Å²) in [6.07, 6.45) is 0. The minimum atomic E-state index is -0.575. The van der Waals surface area contributed by atoms with Gasteiger partial charge >= 0.3 is 0 Å². The normalized spacial score (nSPS) is 10.7. The molecule has 0 aliphatic carbocycles. The molecular weight excluding hydrogens is 364 g/mol. The monoisotopic (exact) mass is 376 g/mol. The molecule has 3 aromatic rings. The number of nitrogens with one attached hydrogen (secondary N) is 1. The second kappa shape index (κ2) is 6.70. The molecule has 8 heteroatoms. The van der Waals surface area contributed by atoms with Crippen molar-refractivity contribution in [2.45, 2.75) is 6.92 Å². The number of methoxy groups -OCH3 is 1. The highest BCUT2D eigenvalue weighted by atomic mass is 35.5. The van der Waals surface area contributed by atoms with E-state index in [1.54, 1.807) is 6.07 Å². The van der Waals surface area contributed by atoms with E-state index in [1.807, 2.05) is 25.1 Å². The molecule has 0 spiro atoms. The van der Waals surface area contributed by atoms with Crippen LogP contribution in [0.1, 0.15) is 15.2 Å². The summed E-state index contributed by atoms with van der Waals surface area (Å²) < 4.78 is 5.87. The Bertz CT molecular complexity index is 1000. The second-order valence-electron chi connectivity index (χ2n) is 5.34. The number of nitrogens with zero attached hydrogens (tertiary/aromatic N) is 1. The van der Waals surface area contributed by atoms with Crippen molar-refractivity contribution in [3.05, 3.63) is 62.0 Å². The number of rotatable bonds is 4. The highest BCUT2D eigenvalue weighted by Crippen LogP contribution is 2.37. The highest BCUT2D eigenvalue weighted by molar-refractivity contribution is 7.21. The maximum absolute atomic E-state index is 12.6. The topological polar surface area (TPSA) is 81.5 Å². The summed E-state index contributed by atoms with van der Waals surface area (Å²) in [5, 5.41) is 14.9. The van der Waals surface area contributed by atoms with Crippen LogP contribution >= 0.6 is 22.9 Å². The molecule has 1 aromatic heterocycles. The number of ether oxygens (including phenoxy) is 1. The molecule has 25 heavy (non-hydrogen) atoms. The van der Waals surface area contributed by atoms with Crippen molar-refractivity contribution in [1.29, 1.82) is 0 Å². The first kappa shape index (κ1) is 17.2. The third-order valence-electron chi connectivity index (χ3n) is 3.64. The van der Waals surface area contributed by atoms with Crippen molar-refractivity contribution in [3.8, 4) is 5.75 Å². The number of amides is 1. The van der Waals surface area contributed by atoms with E-state index in [4.69, 9.17) is 16.3 Å². The zero-order chi connectivity index (χ0) is 18.1. The summed E-state index contributed by atoms with van der Waals surface area (Å²) in [6.45, 7) is 1.95. The van der Waals surface area contributed by atoms with Gasteiger partial charge in [0.1, 0.15) is 16.3 Å². The van der Waals surface area contributed by atoms with Crippen molar-refractivity contribution in [3.63, 3.8) is 0 Å². The molecule has 0 atom stereocenters. The molecule has 0 aliphatic heterocycles. The van der Waals surface area contributed by atoms with Gasteiger partial charge in [-0.1, -0.05) is 23.7 Å². The first-order valence-corrected chi connectivity index (χ1v) is 8.42. The molecule has 0 unspecified atom stereocenters. The van der Waals surface area contributed by atoms with Gasteiger partial charge in [0.2, 0.25) is 0 Å². The maximum atomic E-state index is 12.6. The number of nitro groups is 1. The number of nitro benzene ring substituents is 1. The summed E-state index contributed by atoms with van der Waals surface area (Å²) in [6, 6.07) is 9.94. The maximum Gasteiger partial charge on any atom is 0.296 e. The summed E-state index contributed by atoms with van der Waals surface area (Å²) >= 11 is 7.57. The van der Waals surface area contributed by atoms with Crippen molar-refractivity contribution in [2.75, 3.05) is 12.4 Å². The van der Waals surface area contributed by atoms with Crippen molar-refractivity contribution >= 4 is 50.3 Å². The number of carbonyl (C=O) groups excluding carboxylic acids is 1. The lowest BCUT2D eigenvalue weighted by Gasteiger charge is -2.07. The Morgan fingerprint density at radius 3 is 2.72 bits per heavy atom. The van der Waals surface area contributed by atoms with Crippen LogP contribution in [0.2, 0.25) is 5.02 Å². The summed E-state index contributed by atoms with van der Waals surface area (Å²) in [4.78, 5) is 23.5. The number of hydrogen-bond donors (Lipinski definition) is 1. The third kappa shape index (κ3) is 3.29. The Balaban J connectivity index is 1.98. The van der Waals surface area contributed by atoms with E-state index in [9.17, 15) is 14.9 Å². The molecule has 0 saturated heterocycles. The molecular formula is C17H13ClN2O4S. The van der Waals surface area contributed by atoms with E-state index in [0.717, 1.165) is 15.6 Å². The molecule has 0 radical (unpaired) electrons. The highest BCUT2D eigenvalue weighted by Gasteiger charge is 2.21. The van der Waals surface area contributed by atoms with Crippen LogP contribution in [0.5, 0.6) is 5.75 Å². The van der Waals surface area contributed by atoms with Crippen molar-refractivity contribution < 1.29 is 14.5 Å². The number of carbonyl (C=O) groups is 1. The van der Waals surface area contributed by atoms with E-state index in [1.165, 1.54) is 30.6 Å². The number of fused-ring (bicyclic) bond motifs is 1. The van der Waals surface area contributed by atoms with Crippen LogP contribution < -0.4 is 10.1 Å². The molecule has 2 aromatic carbocycles. The van der Waals surface area contributed by atoms with Crippen molar-refractivity contribution in [1.82, 2.24) is 0 Å². The second-order valence-corrected chi connectivity index (χ2v) is 6.77. The Morgan fingerprint density at radius 2 is 2.04 bits per heavy atom. The first-order valence-electron chi connectivity index (χ1n) is 7.23. The first-order chi connectivity index (χ1) is 11.9. The number of hydrogen-bond acceptors (Lipinski definition) is 5. The van der Waals surface area contributed by atoms with Crippen molar-refractivity contribution in [2.24, 2.45) is 0 Å². The number of anilines is 1.